The van der Waals surface area contributed by atoms with Crippen molar-refractivity contribution in [3.63, 3.8) is 0 Å². The maximum atomic E-state index is 13.7. The Hall–Kier alpha value is -4.33. The third-order valence-corrected chi connectivity index (χ3v) is 5.98. The quantitative estimate of drug-likeness (QED) is 0.720. The van der Waals surface area contributed by atoms with Gasteiger partial charge >= 0.3 is 12.2 Å². The molecule has 0 radical (unpaired) electrons. The van der Waals surface area contributed by atoms with Gasteiger partial charge in [0, 0.05) is 25.7 Å². The average molecular weight is 483 g/mol. The molecule has 2 aliphatic heterocycles. The van der Waals surface area contributed by atoms with Crippen molar-refractivity contribution >= 4 is 23.5 Å². The number of nitrogens with two attached hydrogens (primary N) is 1. The number of alkyl halides is 3. The zero-order valence-corrected chi connectivity index (χ0v) is 18.5. The molecule has 0 aliphatic carbocycles. The molecule has 1 unspecified atom stereocenters. The minimum Gasteiger partial charge on any atom is -0.368 e. The molecule has 0 saturated heterocycles. The Morgan fingerprint density at radius 1 is 1.17 bits per heavy atom. The van der Waals surface area contributed by atoms with E-state index in [9.17, 15) is 27.6 Å². The number of carbonyl (C=O) groups excluding carboxylic acids is 3. The molecule has 2 aromatic carbocycles. The minimum absolute atomic E-state index is 0.0811. The van der Waals surface area contributed by atoms with Gasteiger partial charge in [-0.2, -0.15) is 18.4 Å². The second-order valence-corrected chi connectivity index (χ2v) is 8.23. The summed E-state index contributed by atoms with van der Waals surface area (Å²) in [5, 5.41) is 9.12. The summed E-state index contributed by atoms with van der Waals surface area (Å²) in [5.74, 6) is -1.29. The van der Waals surface area contributed by atoms with Gasteiger partial charge in [0.2, 0.25) is 5.91 Å². The molecular weight excluding hydrogens is 463 g/mol. The number of hydrogen-bond donors (Lipinski definition) is 1. The summed E-state index contributed by atoms with van der Waals surface area (Å²) < 4.78 is 40.2. The second kappa shape index (κ2) is 8.79. The van der Waals surface area contributed by atoms with Crippen molar-refractivity contribution in [3.05, 3.63) is 76.5 Å². The highest BCUT2D eigenvalue weighted by atomic mass is 19.4. The lowest BCUT2D eigenvalue weighted by Crippen LogP contribution is -2.56. The van der Waals surface area contributed by atoms with Crippen LogP contribution in [0.4, 0.5) is 23.7 Å². The van der Waals surface area contributed by atoms with Crippen LogP contribution >= 0.6 is 0 Å². The number of halogens is 3. The van der Waals surface area contributed by atoms with Crippen LogP contribution in [0.15, 0.2) is 59.8 Å². The summed E-state index contributed by atoms with van der Waals surface area (Å²) in [4.78, 5) is 42.6. The first-order chi connectivity index (χ1) is 16.5. The Balaban J connectivity index is 1.96. The van der Waals surface area contributed by atoms with Gasteiger partial charge in [0.25, 0.3) is 5.91 Å². The largest absolute Gasteiger partial charge is 0.416 e. The normalized spacial score (nSPS) is 18.5. The summed E-state index contributed by atoms with van der Waals surface area (Å²) in [6.45, 7) is -0.330. The monoisotopic (exact) mass is 483 g/mol. The topological polar surface area (TPSA) is 111 Å². The van der Waals surface area contributed by atoms with Gasteiger partial charge in [0.1, 0.15) is 6.54 Å². The minimum atomic E-state index is -4.65. The molecular formula is C24H20F3N5O3. The first kappa shape index (κ1) is 23.8. The molecule has 180 valence electrons. The van der Waals surface area contributed by atoms with Crippen molar-refractivity contribution < 1.29 is 27.6 Å². The molecule has 0 fully saturated rings. The Labute approximate surface area is 198 Å². The van der Waals surface area contributed by atoms with E-state index in [4.69, 9.17) is 11.0 Å². The van der Waals surface area contributed by atoms with Crippen molar-refractivity contribution in [3.8, 4) is 6.07 Å². The number of nitrogens with zero attached hydrogens (tertiary/aromatic N) is 4. The highest BCUT2D eigenvalue weighted by molar-refractivity contribution is 6.06. The van der Waals surface area contributed by atoms with E-state index in [-0.39, 0.29) is 29.9 Å². The van der Waals surface area contributed by atoms with E-state index in [2.05, 4.69) is 0 Å². The van der Waals surface area contributed by atoms with E-state index in [1.54, 1.807) is 19.2 Å². The highest BCUT2D eigenvalue weighted by Gasteiger charge is 2.46. The Morgan fingerprint density at radius 2 is 1.86 bits per heavy atom. The summed E-state index contributed by atoms with van der Waals surface area (Å²) in [7, 11) is 1.57. The van der Waals surface area contributed by atoms with E-state index < -0.39 is 42.2 Å². The van der Waals surface area contributed by atoms with E-state index in [0.717, 1.165) is 21.9 Å². The average Bonchev–Trinajstić information content (AvgIpc) is 2.82. The zero-order chi connectivity index (χ0) is 25.5. The number of carbonyl (C=O) groups is 3. The van der Waals surface area contributed by atoms with E-state index in [0.29, 0.717) is 11.1 Å². The van der Waals surface area contributed by atoms with Gasteiger partial charge in [-0.25, -0.2) is 4.79 Å². The van der Waals surface area contributed by atoms with Crippen LogP contribution in [0, 0.1) is 11.3 Å². The van der Waals surface area contributed by atoms with Gasteiger partial charge in [-0.1, -0.05) is 18.2 Å². The van der Waals surface area contributed by atoms with E-state index in [1.807, 2.05) is 6.07 Å². The molecule has 0 saturated carbocycles. The molecule has 0 spiro atoms. The molecule has 0 bridgehead atoms. The number of primary amides is 1. The molecule has 11 heteroatoms. The fourth-order valence-corrected chi connectivity index (χ4v) is 4.36. The summed E-state index contributed by atoms with van der Waals surface area (Å²) >= 11 is 0. The first-order valence-electron chi connectivity index (χ1n) is 10.6. The molecule has 4 amide bonds. The van der Waals surface area contributed by atoms with Crippen molar-refractivity contribution in [2.75, 3.05) is 25.0 Å². The lowest BCUT2D eigenvalue weighted by atomic mass is 9.88. The molecule has 4 rings (SSSR count). The lowest BCUT2D eigenvalue weighted by molar-refractivity contribution is -0.137. The van der Waals surface area contributed by atoms with E-state index >= 15 is 0 Å². The fraction of sp³-hybridized carbons (Fsp3) is 0.250. The summed E-state index contributed by atoms with van der Waals surface area (Å²) in [6, 6.07) is 10.6. The smallest absolute Gasteiger partial charge is 0.368 e. The van der Waals surface area contributed by atoms with Gasteiger partial charge in [-0.3, -0.25) is 14.5 Å². The van der Waals surface area contributed by atoms with Crippen LogP contribution in [0.3, 0.4) is 0 Å². The van der Waals surface area contributed by atoms with Crippen LogP contribution in [0.2, 0.25) is 0 Å². The summed E-state index contributed by atoms with van der Waals surface area (Å²) in [5.41, 5.74) is 5.59. The van der Waals surface area contributed by atoms with Gasteiger partial charge in [-0.15, -0.1) is 0 Å². The number of nitriles is 1. The Bertz CT molecular complexity index is 1280. The zero-order valence-electron chi connectivity index (χ0n) is 18.5. The van der Waals surface area contributed by atoms with Crippen LogP contribution in [-0.2, 0) is 15.8 Å². The molecule has 2 N–H and O–H groups in total. The number of anilines is 1. The molecule has 8 nitrogen and oxygen atoms in total. The van der Waals surface area contributed by atoms with Crippen molar-refractivity contribution in [1.82, 2.24) is 9.80 Å². The van der Waals surface area contributed by atoms with Crippen LogP contribution in [0.5, 0.6) is 0 Å². The molecule has 2 heterocycles. The summed E-state index contributed by atoms with van der Waals surface area (Å²) in [6.07, 6.45) is -4.44. The van der Waals surface area contributed by atoms with Crippen LogP contribution < -0.4 is 10.6 Å². The van der Waals surface area contributed by atoms with Crippen LogP contribution in [0.25, 0.3) is 0 Å². The van der Waals surface area contributed by atoms with Gasteiger partial charge < -0.3 is 15.5 Å². The number of benzene rings is 2. The standard InChI is InChI=1S/C24H20F3N5O3/c1-30-10-9-18-20(22(30)34)21(15-7-5-14(12-28)6-8-15)31(13-19(29)33)23(35)32(18)17-4-2-3-16(11-17)24(25,26)27/h2-8,11,21H,9-10,13H2,1H3,(H2,29,33). The second-order valence-electron chi connectivity index (χ2n) is 8.23. The number of urea groups is 1. The predicted octanol–water partition coefficient (Wildman–Crippen LogP) is 3.16. The first-order valence-corrected chi connectivity index (χ1v) is 10.6. The van der Waals surface area contributed by atoms with E-state index in [1.165, 1.54) is 29.2 Å². The van der Waals surface area contributed by atoms with Crippen molar-refractivity contribution in [2.24, 2.45) is 5.73 Å². The van der Waals surface area contributed by atoms with Crippen molar-refractivity contribution in [2.45, 2.75) is 18.6 Å². The maximum Gasteiger partial charge on any atom is 0.416 e. The molecule has 35 heavy (non-hydrogen) atoms. The van der Waals surface area contributed by atoms with Gasteiger partial charge in [0.15, 0.2) is 0 Å². The highest BCUT2D eigenvalue weighted by Crippen LogP contribution is 2.43. The number of likely N-dealkylation sites (N-methyl/N-ethyl adjacent to an activating group) is 1. The number of rotatable bonds is 4. The third-order valence-electron chi connectivity index (χ3n) is 5.98. The molecule has 2 aliphatic rings. The predicted molar refractivity (Wildman–Crippen MR) is 118 cm³/mol. The number of amides is 4. The SMILES string of the molecule is CN1CCC2=C(C1=O)C(c1ccc(C#N)cc1)N(CC(N)=O)C(=O)N2c1cccc(C(F)(F)F)c1. The lowest BCUT2D eigenvalue weighted by Gasteiger charge is -2.46. The van der Waals surface area contributed by atoms with Crippen LogP contribution in [0.1, 0.15) is 29.2 Å². The van der Waals surface area contributed by atoms with Gasteiger partial charge in [-0.05, 0) is 35.9 Å². The molecule has 2 aromatic rings. The Morgan fingerprint density at radius 3 is 2.46 bits per heavy atom. The third kappa shape index (κ3) is 4.30. The molecule has 0 aromatic heterocycles. The Kier molecular flexibility index (Phi) is 5.98. The van der Waals surface area contributed by atoms with Crippen molar-refractivity contribution in [1.29, 1.82) is 5.26 Å². The van der Waals surface area contributed by atoms with Gasteiger partial charge in [0.05, 0.1) is 34.5 Å². The van der Waals surface area contributed by atoms with Crippen LogP contribution in [-0.4, -0.2) is 47.8 Å². The molecule has 1 atom stereocenters. The fourth-order valence-electron chi connectivity index (χ4n) is 4.36. The maximum absolute atomic E-state index is 13.7. The number of hydrogen-bond acceptors (Lipinski definition) is 4.